The van der Waals surface area contributed by atoms with Crippen LogP contribution in [0.2, 0.25) is 0 Å². The van der Waals surface area contributed by atoms with E-state index in [-0.39, 0.29) is 18.4 Å². The van der Waals surface area contributed by atoms with Crippen molar-refractivity contribution >= 4 is 22.6 Å². The van der Waals surface area contributed by atoms with Gasteiger partial charge in [-0.3, -0.25) is 0 Å². The molecule has 5 nitrogen and oxygen atoms in total. The molecule has 1 saturated heterocycles. The molecule has 0 aromatic carbocycles. The minimum Gasteiger partial charge on any atom is -0.316 e. The average Bonchev–Trinajstić information content (AvgIpc) is 2.18. The number of nitrogens with one attached hydrogen (secondary N) is 3. The first-order valence-electron chi connectivity index (χ1n) is 5.53. The van der Waals surface area contributed by atoms with E-state index < -0.39 is 10.2 Å². The van der Waals surface area contributed by atoms with Crippen LogP contribution >= 0.6 is 12.4 Å². The van der Waals surface area contributed by atoms with Gasteiger partial charge in [-0.2, -0.15) is 13.1 Å². The Labute approximate surface area is 104 Å². The van der Waals surface area contributed by atoms with Gasteiger partial charge in [-0.15, -0.1) is 12.4 Å². The Hall–Kier alpha value is 0.120. The van der Waals surface area contributed by atoms with Gasteiger partial charge < -0.3 is 5.32 Å². The number of hydrogen-bond acceptors (Lipinski definition) is 3. The summed E-state index contributed by atoms with van der Waals surface area (Å²) in [5, 5.41) is 3.24. The highest BCUT2D eigenvalue weighted by atomic mass is 35.5. The summed E-state index contributed by atoms with van der Waals surface area (Å²) < 4.78 is 28.3. The van der Waals surface area contributed by atoms with Crippen molar-refractivity contribution in [3.8, 4) is 0 Å². The number of piperidine rings is 1. The highest BCUT2D eigenvalue weighted by Gasteiger charge is 2.24. The fourth-order valence-electron chi connectivity index (χ4n) is 1.67. The van der Waals surface area contributed by atoms with Crippen molar-refractivity contribution < 1.29 is 8.42 Å². The molecule has 1 fully saturated rings. The fourth-order valence-corrected chi connectivity index (χ4v) is 2.97. The van der Waals surface area contributed by atoms with Crippen molar-refractivity contribution in [2.24, 2.45) is 5.92 Å². The third kappa shape index (κ3) is 5.45. The van der Waals surface area contributed by atoms with Crippen LogP contribution in [-0.4, -0.2) is 34.1 Å². The van der Waals surface area contributed by atoms with Crippen LogP contribution in [0.25, 0.3) is 0 Å². The third-order valence-electron chi connectivity index (χ3n) is 2.63. The lowest BCUT2D eigenvalue weighted by molar-refractivity contribution is 0.327. The first kappa shape index (κ1) is 16.1. The summed E-state index contributed by atoms with van der Waals surface area (Å²) in [5.41, 5.74) is 0. The smallest absolute Gasteiger partial charge is 0.277 e. The molecule has 3 N–H and O–H groups in total. The summed E-state index contributed by atoms with van der Waals surface area (Å²) in [7, 11) is -3.30. The second kappa shape index (κ2) is 7.45. The van der Waals surface area contributed by atoms with Gasteiger partial charge in [0, 0.05) is 12.6 Å². The molecule has 7 heteroatoms. The van der Waals surface area contributed by atoms with E-state index >= 15 is 0 Å². The normalized spacial score (nSPS) is 26.1. The molecule has 16 heavy (non-hydrogen) atoms. The predicted molar refractivity (Wildman–Crippen MR) is 68.0 cm³/mol. The lowest BCUT2D eigenvalue weighted by Gasteiger charge is -2.29. The van der Waals surface area contributed by atoms with Crippen LogP contribution in [0.1, 0.15) is 26.7 Å². The van der Waals surface area contributed by atoms with Crippen LogP contribution in [0.3, 0.4) is 0 Å². The topological polar surface area (TPSA) is 70.2 Å². The Morgan fingerprint density at radius 3 is 2.69 bits per heavy atom. The summed E-state index contributed by atoms with van der Waals surface area (Å²) in [6, 6.07) is 0.0561. The molecular weight excluding hydrogens is 250 g/mol. The molecule has 0 aliphatic carbocycles. The molecule has 0 bridgehead atoms. The van der Waals surface area contributed by atoms with Crippen molar-refractivity contribution in [2.45, 2.75) is 32.7 Å². The van der Waals surface area contributed by atoms with Crippen molar-refractivity contribution in [3.05, 3.63) is 0 Å². The van der Waals surface area contributed by atoms with Gasteiger partial charge in [0.15, 0.2) is 0 Å². The van der Waals surface area contributed by atoms with Gasteiger partial charge in [0.1, 0.15) is 0 Å². The molecule has 0 aromatic heterocycles. The molecule has 0 spiro atoms. The van der Waals surface area contributed by atoms with Crippen LogP contribution in [0.15, 0.2) is 0 Å². The maximum atomic E-state index is 11.6. The number of halogens is 1. The van der Waals surface area contributed by atoms with Crippen molar-refractivity contribution in [1.29, 1.82) is 0 Å². The first-order chi connectivity index (χ1) is 7.05. The maximum Gasteiger partial charge on any atom is 0.277 e. The van der Waals surface area contributed by atoms with Crippen molar-refractivity contribution in [2.75, 3.05) is 19.6 Å². The third-order valence-corrected chi connectivity index (χ3v) is 3.83. The standard InChI is InChI=1S/C9H21N3O2S.ClH/c1-3-5-11-15(13,14)12-9-4-6-10-7-8(9)2;/h8-12H,3-7H2,1-2H3;1H. The zero-order valence-electron chi connectivity index (χ0n) is 9.82. The van der Waals surface area contributed by atoms with Crippen molar-refractivity contribution in [1.82, 2.24) is 14.8 Å². The van der Waals surface area contributed by atoms with Gasteiger partial charge in [0.2, 0.25) is 0 Å². The van der Waals surface area contributed by atoms with E-state index in [0.29, 0.717) is 12.5 Å². The van der Waals surface area contributed by atoms with Gasteiger partial charge in [-0.1, -0.05) is 13.8 Å². The van der Waals surface area contributed by atoms with E-state index in [0.717, 1.165) is 25.9 Å². The van der Waals surface area contributed by atoms with Gasteiger partial charge in [-0.25, -0.2) is 4.72 Å². The second-order valence-electron chi connectivity index (χ2n) is 4.09. The number of rotatable bonds is 5. The molecule has 2 unspecified atom stereocenters. The van der Waals surface area contributed by atoms with E-state index in [1.54, 1.807) is 0 Å². The summed E-state index contributed by atoms with van der Waals surface area (Å²) >= 11 is 0. The zero-order chi connectivity index (χ0) is 11.3. The Balaban J connectivity index is 0.00000225. The molecule has 0 aromatic rings. The van der Waals surface area contributed by atoms with Crippen LogP contribution in [0, 0.1) is 5.92 Å². The molecule has 0 amide bonds. The predicted octanol–water partition coefficient (Wildman–Crippen LogP) is 0.240. The van der Waals surface area contributed by atoms with Crippen LogP contribution in [0.5, 0.6) is 0 Å². The quantitative estimate of drug-likeness (QED) is 0.671. The largest absolute Gasteiger partial charge is 0.316 e. The van der Waals surface area contributed by atoms with Crippen LogP contribution in [0.4, 0.5) is 0 Å². The molecule has 1 heterocycles. The van der Waals surface area contributed by atoms with Crippen LogP contribution in [-0.2, 0) is 10.2 Å². The molecule has 0 saturated carbocycles. The molecule has 2 atom stereocenters. The SMILES string of the molecule is CCCNS(=O)(=O)NC1CCNCC1C.Cl. The highest BCUT2D eigenvalue weighted by molar-refractivity contribution is 7.87. The number of hydrogen-bond donors (Lipinski definition) is 3. The Morgan fingerprint density at radius 2 is 2.12 bits per heavy atom. The van der Waals surface area contributed by atoms with E-state index in [1.807, 2.05) is 6.92 Å². The lowest BCUT2D eigenvalue weighted by atomic mass is 9.97. The van der Waals surface area contributed by atoms with E-state index in [9.17, 15) is 8.42 Å². The highest BCUT2D eigenvalue weighted by Crippen LogP contribution is 2.10. The fraction of sp³-hybridized carbons (Fsp3) is 1.00. The average molecular weight is 272 g/mol. The molecule has 1 rings (SSSR count). The summed E-state index contributed by atoms with van der Waals surface area (Å²) in [5.74, 6) is 0.344. The molecule has 0 radical (unpaired) electrons. The van der Waals surface area contributed by atoms with Gasteiger partial charge in [-0.05, 0) is 31.8 Å². The first-order valence-corrected chi connectivity index (χ1v) is 7.01. The zero-order valence-corrected chi connectivity index (χ0v) is 11.5. The van der Waals surface area contributed by atoms with E-state index in [4.69, 9.17) is 0 Å². The Morgan fingerprint density at radius 1 is 1.44 bits per heavy atom. The lowest BCUT2D eigenvalue weighted by Crippen LogP contribution is -2.51. The van der Waals surface area contributed by atoms with E-state index in [2.05, 4.69) is 21.7 Å². The minimum atomic E-state index is -3.30. The molecule has 1 aliphatic heterocycles. The Kier molecular flexibility index (Phi) is 7.50. The molecule has 1 aliphatic rings. The summed E-state index contributed by atoms with van der Waals surface area (Å²) in [6.45, 7) is 6.25. The maximum absolute atomic E-state index is 11.6. The summed E-state index contributed by atoms with van der Waals surface area (Å²) in [6.07, 6.45) is 1.66. The van der Waals surface area contributed by atoms with Gasteiger partial charge >= 0.3 is 0 Å². The van der Waals surface area contributed by atoms with Crippen LogP contribution < -0.4 is 14.8 Å². The van der Waals surface area contributed by atoms with Gasteiger partial charge in [0.25, 0.3) is 10.2 Å². The Bertz CT molecular complexity index is 284. The second-order valence-corrected chi connectivity index (χ2v) is 5.62. The summed E-state index contributed by atoms with van der Waals surface area (Å²) in [4.78, 5) is 0. The minimum absolute atomic E-state index is 0. The van der Waals surface area contributed by atoms with Crippen molar-refractivity contribution in [3.63, 3.8) is 0 Å². The molecule has 98 valence electrons. The van der Waals surface area contributed by atoms with E-state index in [1.165, 1.54) is 0 Å². The monoisotopic (exact) mass is 271 g/mol. The molecular formula is C9H22ClN3O2S. The van der Waals surface area contributed by atoms with Gasteiger partial charge in [0.05, 0.1) is 0 Å².